The third kappa shape index (κ3) is 4.21. The molecule has 1 saturated heterocycles. The molecule has 0 radical (unpaired) electrons. The van der Waals surface area contributed by atoms with Gasteiger partial charge in [-0.3, -0.25) is 4.90 Å². The first-order valence-corrected chi connectivity index (χ1v) is 11.8. The molecule has 1 aromatic heterocycles. The zero-order chi connectivity index (χ0) is 21.3. The standard InChI is InChI=1S/C20H22ClN5O2S2/c1-23-19(16-7-9-17(21)10-8-16)22-26(20(23)29)15-24-11-13-25(14-12-24)30(27,28)18-5-3-2-4-6-18/h2-10H,11-15H2,1H3. The fourth-order valence-corrected chi connectivity index (χ4v) is 5.23. The van der Waals surface area contributed by atoms with E-state index in [0.717, 1.165) is 11.4 Å². The summed E-state index contributed by atoms with van der Waals surface area (Å²) < 4.78 is 31.4. The van der Waals surface area contributed by atoms with E-state index in [1.165, 1.54) is 4.31 Å². The van der Waals surface area contributed by atoms with Gasteiger partial charge >= 0.3 is 0 Å². The highest BCUT2D eigenvalue weighted by Crippen LogP contribution is 2.21. The van der Waals surface area contributed by atoms with Gasteiger partial charge in [-0.2, -0.15) is 9.40 Å². The van der Waals surface area contributed by atoms with Crippen LogP contribution < -0.4 is 0 Å². The summed E-state index contributed by atoms with van der Waals surface area (Å²) in [6, 6.07) is 16.0. The van der Waals surface area contributed by atoms with E-state index in [-0.39, 0.29) is 0 Å². The van der Waals surface area contributed by atoms with Gasteiger partial charge in [0.25, 0.3) is 0 Å². The normalized spacial score (nSPS) is 16.1. The van der Waals surface area contributed by atoms with Crippen molar-refractivity contribution in [1.82, 2.24) is 23.6 Å². The lowest BCUT2D eigenvalue weighted by atomic mass is 10.2. The Labute approximate surface area is 186 Å². The van der Waals surface area contributed by atoms with Crippen molar-refractivity contribution in [2.45, 2.75) is 11.6 Å². The first-order valence-electron chi connectivity index (χ1n) is 9.53. The number of halogens is 1. The average Bonchev–Trinajstić information content (AvgIpc) is 3.04. The van der Waals surface area contributed by atoms with Gasteiger partial charge in [-0.25, -0.2) is 13.1 Å². The van der Waals surface area contributed by atoms with Crippen molar-refractivity contribution in [2.24, 2.45) is 7.05 Å². The lowest BCUT2D eigenvalue weighted by Gasteiger charge is -2.33. The lowest BCUT2D eigenvalue weighted by molar-refractivity contribution is 0.144. The average molecular weight is 464 g/mol. The van der Waals surface area contributed by atoms with E-state index in [1.54, 1.807) is 28.9 Å². The quantitative estimate of drug-likeness (QED) is 0.543. The molecule has 0 atom stereocenters. The number of hydrogen-bond donors (Lipinski definition) is 0. The number of sulfonamides is 1. The number of hydrogen-bond acceptors (Lipinski definition) is 5. The van der Waals surface area contributed by atoms with Crippen molar-refractivity contribution in [3.63, 3.8) is 0 Å². The van der Waals surface area contributed by atoms with Crippen LogP contribution in [-0.4, -0.2) is 58.1 Å². The Hall–Kier alpha value is -2.04. The summed E-state index contributed by atoms with van der Waals surface area (Å²) in [6.07, 6.45) is 0. The predicted octanol–water partition coefficient (Wildman–Crippen LogP) is 3.24. The van der Waals surface area contributed by atoms with Crippen LogP contribution in [0.2, 0.25) is 5.02 Å². The summed E-state index contributed by atoms with van der Waals surface area (Å²) in [4.78, 5) is 2.49. The summed E-state index contributed by atoms with van der Waals surface area (Å²) in [5, 5.41) is 5.35. The fraction of sp³-hybridized carbons (Fsp3) is 0.300. The Morgan fingerprint density at radius 3 is 2.27 bits per heavy atom. The van der Waals surface area contributed by atoms with Gasteiger partial charge in [-0.15, -0.1) is 0 Å². The van der Waals surface area contributed by atoms with Gasteiger partial charge in [0.05, 0.1) is 11.6 Å². The first-order chi connectivity index (χ1) is 14.4. The molecule has 0 bridgehead atoms. The van der Waals surface area contributed by atoms with E-state index in [0.29, 0.717) is 47.5 Å². The summed E-state index contributed by atoms with van der Waals surface area (Å²) in [6.45, 7) is 2.60. The van der Waals surface area contributed by atoms with E-state index in [9.17, 15) is 8.42 Å². The Balaban J connectivity index is 1.45. The van der Waals surface area contributed by atoms with Gasteiger partial charge in [0.2, 0.25) is 10.0 Å². The first kappa shape index (κ1) is 21.2. The highest BCUT2D eigenvalue weighted by atomic mass is 35.5. The molecule has 0 N–H and O–H groups in total. The molecule has 1 fully saturated rings. The molecule has 3 aromatic rings. The minimum absolute atomic E-state index is 0.331. The molecule has 30 heavy (non-hydrogen) atoms. The summed E-state index contributed by atoms with van der Waals surface area (Å²) >= 11 is 11.5. The smallest absolute Gasteiger partial charge is 0.243 e. The molecular formula is C20H22ClN5O2S2. The van der Waals surface area contributed by atoms with E-state index >= 15 is 0 Å². The van der Waals surface area contributed by atoms with Crippen LogP contribution in [-0.2, 0) is 23.7 Å². The number of piperazine rings is 1. The van der Waals surface area contributed by atoms with Crippen molar-refractivity contribution in [2.75, 3.05) is 26.2 Å². The Morgan fingerprint density at radius 1 is 1.00 bits per heavy atom. The largest absolute Gasteiger partial charge is 0.303 e. The van der Waals surface area contributed by atoms with Gasteiger partial charge in [0.15, 0.2) is 10.6 Å². The minimum atomic E-state index is -3.46. The highest BCUT2D eigenvalue weighted by Gasteiger charge is 2.28. The second kappa shape index (κ2) is 8.60. The molecule has 0 amide bonds. The molecular weight excluding hydrogens is 442 g/mol. The Kier molecular flexibility index (Phi) is 6.08. The molecule has 2 aromatic carbocycles. The van der Waals surface area contributed by atoms with Crippen molar-refractivity contribution in [3.8, 4) is 11.4 Å². The maximum absolute atomic E-state index is 12.8. The molecule has 1 aliphatic rings. The number of nitrogens with zero attached hydrogens (tertiary/aromatic N) is 5. The highest BCUT2D eigenvalue weighted by molar-refractivity contribution is 7.89. The van der Waals surface area contributed by atoms with Crippen LogP contribution in [0.3, 0.4) is 0 Å². The molecule has 0 spiro atoms. The van der Waals surface area contributed by atoms with E-state index < -0.39 is 10.0 Å². The van der Waals surface area contributed by atoms with Gasteiger partial charge in [-0.1, -0.05) is 29.8 Å². The maximum Gasteiger partial charge on any atom is 0.243 e. The third-order valence-corrected chi connectivity index (χ3v) is 7.84. The van der Waals surface area contributed by atoms with Crippen LogP contribution in [0.25, 0.3) is 11.4 Å². The summed E-state index contributed by atoms with van der Waals surface area (Å²) in [5.74, 6) is 0.766. The molecule has 1 aliphatic heterocycles. The molecule has 2 heterocycles. The molecule has 4 rings (SSSR count). The predicted molar refractivity (Wildman–Crippen MR) is 119 cm³/mol. The minimum Gasteiger partial charge on any atom is -0.303 e. The molecule has 0 unspecified atom stereocenters. The van der Waals surface area contributed by atoms with Crippen LogP contribution >= 0.6 is 23.8 Å². The monoisotopic (exact) mass is 463 g/mol. The number of aromatic nitrogens is 3. The van der Waals surface area contributed by atoms with Gasteiger partial charge in [0.1, 0.15) is 0 Å². The van der Waals surface area contributed by atoms with Gasteiger partial charge in [0, 0.05) is 43.8 Å². The zero-order valence-corrected chi connectivity index (χ0v) is 18.9. The van der Waals surface area contributed by atoms with E-state index in [2.05, 4.69) is 10.00 Å². The fourth-order valence-electron chi connectivity index (χ4n) is 3.47. The SMILES string of the molecule is Cn1c(-c2ccc(Cl)cc2)nn(CN2CCN(S(=O)(=O)c3ccccc3)CC2)c1=S. The third-order valence-electron chi connectivity index (χ3n) is 5.19. The van der Waals surface area contributed by atoms with Crippen LogP contribution in [0.1, 0.15) is 0 Å². The molecule has 0 saturated carbocycles. The van der Waals surface area contributed by atoms with Crippen LogP contribution in [0, 0.1) is 4.77 Å². The van der Waals surface area contributed by atoms with Crippen molar-refractivity contribution >= 4 is 33.8 Å². The second-order valence-electron chi connectivity index (χ2n) is 7.15. The molecule has 10 heteroatoms. The van der Waals surface area contributed by atoms with Crippen molar-refractivity contribution in [1.29, 1.82) is 0 Å². The zero-order valence-electron chi connectivity index (χ0n) is 16.5. The Bertz CT molecular complexity index is 1180. The van der Waals surface area contributed by atoms with Gasteiger partial charge < -0.3 is 4.57 Å². The summed E-state index contributed by atoms with van der Waals surface area (Å²) in [5.41, 5.74) is 0.936. The van der Waals surface area contributed by atoms with E-state index in [1.807, 2.05) is 41.9 Å². The second-order valence-corrected chi connectivity index (χ2v) is 9.89. The van der Waals surface area contributed by atoms with Gasteiger partial charge in [-0.05, 0) is 48.6 Å². The summed E-state index contributed by atoms with van der Waals surface area (Å²) in [7, 11) is -1.57. The maximum atomic E-state index is 12.8. The molecule has 0 aliphatic carbocycles. The number of rotatable bonds is 5. The van der Waals surface area contributed by atoms with Crippen LogP contribution in [0.5, 0.6) is 0 Å². The number of benzene rings is 2. The molecule has 158 valence electrons. The lowest BCUT2D eigenvalue weighted by Crippen LogP contribution is -2.48. The van der Waals surface area contributed by atoms with Crippen molar-refractivity contribution in [3.05, 3.63) is 64.4 Å². The van der Waals surface area contributed by atoms with Crippen LogP contribution in [0.15, 0.2) is 59.5 Å². The topological polar surface area (TPSA) is 63.4 Å². The molecule has 7 nitrogen and oxygen atoms in total. The Morgan fingerprint density at radius 2 is 1.63 bits per heavy atom. The van der Waals surface area contributed by atoms with Crippen LogP contribution in [0.4, 0.5) is 0 Å². The van der Waals surface area contributed by atoms with Crippen molar-refractivity contribution < 1.29 is 8.42 Å². The van der Waals surface area contributed by atoms with E-state index in [4.69, 9.17) is 23.8 Å².